The summed E-state index contributed by atoms with van der Waals surface area (Å²) in [6.45, 7) is 1.60. The third-order valence-electron chi connectivity index (χ3n) is 3.12. The lowest BCUT2D eigenvalue weighted by Crippen LogP contribution is -2.27. The summed E-state index contributed by atoms with van der Waals surface area (Å²) in [6.07, 6.45) is 3.42. The molecule has 0 atom stereocenters. The van der Waals surface area contributed by atoms with Gasteiger partial charge in [-0.3, -0.25) is 9.79 Å². The first kappa shape index (κ1) is 10.1. The monoisotopic (exact) mass is 227 g/mol. The molecule has 4 heteroatoms. The van der Waals surface area contributed by atoms with Gasteiger partial charge in [0.2, 0.25) is 0 Å². The molecule has 2 aliphatic rings. The van der Waals surface area contributed by atoms with E-state index in [9.17, 15) is 4.79 Å². The Morgan fingerprint density at radius 2 is 2.24 bits per heavy atom. The Morgan fingerprint density at radius 3 is 3.00 bits per heavy atom. The van der Waals surface area contributed by atoms with Crippen molar-refractivity contribution in [1.29, 1.82) is 0 Å². The predicted octanol–water partition coefficient (Wildman–Crippen LogP) is 1.09. The standard InChI is InChI=1S/C13H13N3O/c17-8-9-6-16-13(7-15-9)10-2-1-3-12-11(10)4-5-14-12/h1-3,6,8,14-15H,4-5,7H2. The Labute approximate surface area is 99.4 Å². The molecule has 1 aromatic carbocycles. The summed E-state index contributed by atoms with van der Waals surface area (Å²) < 4.78 is 0. The number of carbonyl (C=O) groups is 1. The number of aliphatic imine (C=N–C) groups is 1. The van der Waals surface area contributed by atoms with Gasteiger partial charge in [0.25, 0.3) is 0 Å². The summed E-state index contributed by atoms with van der Waals surface area (Å²) in [4.78, 5) is 14.9. The van der Waals surface area contributed by atoms with E-state index in [1.54, 1.807) is 6.20 Å². The zero-order valence-corrected chi connectivity index (χ0v) is 9.36. The van der Waals surface area contributed by atoms with Crippen LogP contribution in [-0.2, 0) is 11.2 Å². The number of nitrogens with zero attached hydrogens (tertiary/aromatic N) is 1. The lowest BCUT2D eigenvalue weighted by Gasteiger charge is -2.15. The highest BCUT2D eigenvalue weighted by Gasteiger charge is 2.18. The number of aldehydes is 1. The number of nitrogens with one attached hydrogen (secondary N) is 2. The van der Waals surface area contributed by atoms with Gasteiger partial charge in [0.1, 0.15) is 0 Å². The molecular formula is C13H13N3O. The van der Waals surface area contributed by atoms with Gasteiger partial charge >= 0.3 is 0 Å². The first-order chi connectivity index (χ1) is 8.38. The fourth-order valence-corrected chi connectivity index (χ4v) is 2.28. The van der Waals surface area contributed by atoms with Crippen LogP contribution in [0.1, 0.15) is 11.1 Å². The molecule has 86 valence electrons. The van der Waals surface area contributed by atoms with E-state index >= 15 is 0 Å². The summed E-state index contributed by atoms with van der Waals surface area (Å²) in [7, 11) is 0. The highest BCUT2D eigenvalue weighted by atomic mass is 16.1. The van der Waals surface area contributed by atoms with E-state index in [1.165, 1.54) is 16.8 Å². The molecule has 0 radical (unpaired) electrons. The lowest BCUT2D eigenvalue weighted by atomic mass is 10.00. The Kier molecular flexibility index (Phi) is 2.40. The predicted molar refractivity (Wildman–Crippen MR) is 67.3 cm³/mol. The minimum absolute atomic E-state index is 0.541. The Balaban J connectivity index is 2.01. The number of carbonyl (C=O) groups excluding carboxylic acids is 1. The largest absolute Gasteiger partial charge is 0.384 e. The number of anilines is 1. The van der Waals surface area contributed by atoms with Crippen LogP contribution >= 0.6 is 0 Å². The normalized spacial score (nSPS) is 17.4. The second kappa shape index (κ2) is 4.05. The fraction of sp³-hybridized carbons (Fsp3) is 0.231. The molecule has 0 unspecified atom stereocenters. The van der Waals surface area contributed by atoms with Crippen molar-refractivity contribution < 1.29 is 4.79 Å². The van der Waals surface area contributed by atoms with Crippen molar-refractivity contribution >= 4 is 17.7 Å². The Hall–Kier alpha value is -2.10. The number of benzene rings is 1. The van der Waals surface area contributed by atoms with Crippen LogP contribution in [0.2, 0.25) is 0 Å². The topological polar surface area (TPSA) is 53.5 Å². The van der Waals surface area contributed by atoms with E-state index < -0.39 is 0 Å². The zero-order chi connectivity index (χ0) is 11.7. The molecule has 0 amide bonds. The van der Waals surface area contributed by atoms with Crippen LogP contribution in [0.25, 0.3) is 0 Å². The minimum Gasteiger partial charge on any atom is -0.384 e. The van der Waals surface area contributed by atoms with Gasteiger partial charge in [-0.15, -0.1) is 0 Å². The van der Waals surface area contributed by atoms with Crippen LogP contribution in [0.3, 0.4) is 0 Å². The van der Waals surface area contributed by atoms with Crippen molar-refractivity contribution in [2.45, 2.75) is 6.42 Å². The summed E-state index contributed by atoms with van der Waals surface area (Å²) in [5.41, 5.74) is 5.25. The summed E-state index contributed by atoms with van der Waals surface area (Å²) in [6, 6.07) is 6.22. The van der Waals surface area contributed by atoms with Crippen LogP contribution in [0.4, 0.5) is 5.69 Å². The van der Waals surface area contributed by atoms with Crippen LogP contribution in [0.5, 0.6) is 0 Å². The molecule has 2 heterocycles. The second-order valence-corrected chi connectivity index (χ2v) is 4.14. The smallest absolute Gasteiger partial charge is 0.167 e. The van der Waals surface area contributed by atoms with E-state index in [0.29, 0.717) is 12.2 Å². The number of rotatable bonds is 2. The molecule has 0 aliphatic carbocycles. The number of fused-ring (bicyclic) bond motifs is 1. The van der Waals surface area contributed by atoms with E-state index in [-0.39, 0.29) is 0 Å². The van der Waals surface area contributed by atoms with Gasteiger partial charge in [-0.05, 0) is 18.1 Å². The van der Waals surface area contributed by atoms with Crippen molar-refractivity contribution in [3.05, 3.63) is 41.2 Å². The van der Waals surface area contributed by atoms with Gasteiger partial charge in [-0.1, -0.05) is 12.1 Å². The summed E-state index contributed by atoms with van der Waals surface area (Å²) in [5, 5.41) is 6.40. The molecule has 17 heavy (non-hydrogen) atoms. The van der Waals surface area contributed by atoms with Crippen molar-refractivity contribution in [2.24, 2.45) is 4.99 Å². The highest BCUT2D eigenvalue weighted by molar-refractivity contribution is 6.06. The maximum absolute atomic E-state index is 10.6. The molecule has 0 saturated heterocycles. The van der Waals surface area contributed by atoms with Gasteiger partial charge in [0.15, 0.2) is 6.29 Å². The molecule has 0 saturated carbocycles. The second-order valence-electron chi connectivity index (χ2n) is 4.14. The van der Waals surface area contributed by atoms with Crippen LogP contribution in [0.15, 0.2) is 35.1 Å². The van der Waals surface area contributed by atoms with Crippen LogP contribution < -0.4 is 10.6 Å². The van der Waals surface area contributed by atoms with Crippen molar-refractivity contribution in [3.8, 4) is 0 Å². The summed E-state index contributed by atoms with van der Waals surface area (Å²) >= 11 is 0. The van der Waals surface area contributed by atoms with Crippen molar-refractivity contribution in [3.63, 3.8) is 0 Å². The Morgan fingerprint density at radius 1 is 1.29 bits per heavy atom. The molecular weight excluding hydrogens is 214 g/mol. The van der Waals surface area contributed by atoms with Gasteiger partial charge < -0.3 is 10.6 Å². The maximum atomic E-state index is 10.6. The molecule has 0 spiro atoms. The zero-order valence-electron chi connectivity index (χ0n) is 9.36. The molecule has 1 aromatic rings. The van der Waals surface area contributed by atoms with Crippen LogP contribution in [-0.4, -0.2) is 25.1 Å². The van der Waals surface area contributed by atoms with Crippen molar-refractivity contribution in [2.75, 3.05) is 18.4 Å². The van der Waals surface area contributed by atoms with Gasteiger partial charge in [-0.2, -0.15) is 0 Å². The van der Waals surface area contributed by atoms with Gasteiger partial charge in [0.05, 0.1) is 24.2 Å². The molecule has 2 N–H and O–H groups in total. The minimum atomic E-state index is 0.541. The van der Waals surface area contributed by atoms with Crippen molar-refractivity contribution in [1.82, 2.24) is 5.32 Å². The SMILES string of the molecule is O=CC1=CN=C(c2cccc3c2CCN3)CN1. The average Bonchev–Trinajstić information content (AvgIpc) is 2.87. The fourth-order valence-electron chi connectivity index (χ4n) is 2.28. The molecule has 3 rings (SSSR count). The van der Waals surface area contributed by atoms with Gasteiger partial charge in [-0.25, -0.2) is 0 Å². The number of hydrogen-bond donors (Lipinski definition) is 2. The first-order valence-electron chi connectivity index (χ1n) is 5.70. The van der Waals surface area contributed by atoms with E-state index in [1.807, 2.05) is 6.07 Å². The quantitative estimate of drug-likeness (QED) is 0.743. The molecule has 0 aromatic heterocycles. The van der Waals surface area contributed by atoms with Gasteiger partial charge in [0, 0.05) is 17.8 Å². The van der Waals surface area contributed by atoms with Crippen LogP contribution in [0, 0.1) is 0 Å². The molecule has 4 nitrogen and oxygen atoms in total. The lowest BCUT2D eigenvalue weighted by molar-refractivity contribution is -0.105. The highest BCUT2D eigenvalue weighted by Crippen LogP contribution is 2.26. The number of hydrogen-bond acceptors (Lipinski definition) is 4. The van der Waals surface area contributed by atoms with E-state index in [2.05, 4.69) is 27.8 Å². The molecule has 0 fully saturated rings. The molecule has 2 aliphatic heterocycles. The molecule has 0 bridgehead atoms. The summed E-state index contributed by atoms with van der Waals surface area (Å²) in [5.74, 6) is 0. The third kappa shape index (κ3) is 1.71. The third-order valence-corrected chi connectivity index (χ3v) is 3.12. The maximum Gasteiger partial charge on any atom is 0.167 e. The number of allylic oxidation sites excluding steroid dienone is 1. The average molecular weight is 227 g/mol. The first-order valence-corrected chi connectivity index (χ1v) is 5.70. The van der Waals surface area contributed by atoms with E-state index in [4.69, 9.17) is 0 Å². The Bertz CT molecular complexity index is 531. The van der Waals surface area contributed by atoms with E-state index in [0.717, 1.165) is 25.0 Å².